The SMILES string of the molecule is CCNC(=NCc1ccc(OC)cc1)NCCS(=O)(=O)N1CCSCC1. The monoisotopic (exact) mass is 400 g/mol. The summed E-state index contributed by atoms with van der Waals surface area (Å²) in [6, 6.07) is 7.72. The number of thioether (sulfide) groups is 1. The van der Waals surface area contributed by atoms with E-state index in [9.17, 15) is 8.42 Å². The highest BCUT2D eigenvalue weighted by molar-refractivity contribution is 7.99. The molecule has 0 aromatic heterocycles. The maximum atomic E-state index is 12.4. The first-order valence-electron chi connectivity index (χ1n) is 8.76. The molecular weight excluding hydrogens is 372 g/mol. The van der Waals surface area contributed by atoms with Crippen molar-refractivity contribution in [3.05, 3.63) is 29.8 Å². The molecule has 2 rings (SSSR count). The van der Waals surface area contributed by atoms with Gasteiger partial charge in [-0.05, 0) is 24.6 Å². The summed E-state index contributed by atoms with van der Waals surface area (Å²) in [4.78, 5) is 4.51. The van der Waals surface area contributed by atoms with Gasteiger partial charge in [0.2, 0.25) is 10.0 Å². The van der Waals surface area contributed by atoms with E-state index in [0.717, 1.165) is 22.8 Å². The van der Waals surface area contributed by atoms with Gasteiger partial charge in [0.15, 0.2) is 5.96 Å². The third kappa shape index (κ3) is 6.69. The molecule has 146 valence electrons. The van der Waals surface area contributed by atoms with Crippen LogP contribution in [0.15, 0.2) is 29.3 Å². The van der Waals surface area contributed by atoms with Crippen LogP contribution in [0.4, 0.5) is 0 Å². The second-order valence-corrected chi connectivity index (χ2v) is 9.11. The number of benzene rings is 1. The van der Waals surface area contributed by atoms with Gasteiger partial charge in [0, 0.05) is 37.7 Å². The Bertz CT molecular complexity index is 672. The van der Waals surface area contributed by atoms with Gasteiger partial charge >= 0.3 is 0 Å². The lowest BCUT2D eigenvalue weighted by Gasteiger charge is -2.25. The Hall–Kier alpha value is -1.45. The molecular formula is C17H28N4O3S2. The quantitative estimate of drug-likeness (QED) is 0.503. The average molecular weight is 401 g/mol. The van der Waals surface area contributed by atoms with Crippen LogP contribution in [0.3, 0.4) is 0 Å². The van der Waals surface area contributed by atoms with E-state index in [0.29, 0.717) is 38.7 Å². The molecule has 0 aliphatic carbocycles. The first-order chi connectivity index (χ1) is 12.5. The summed E-state index contributed by atoms with van der Waals surface area (Å²) in [5, 5.41) is 6.26. The van der Waals surface area contributed by atoms with Crippen molar-refractivity contribution in [2.24, 2.45) is 4.99 Å². The minimum atomic E-state index is -3.21. The molecule has 1 fully saturated rings. The largest absolute Gasteiger partial charge is 0.497 e. The summed E-state index contributed by atoms with van der Waals surface area (Å²) in [7, 11) is -1.57. The van der Waals surface area contributed by atoms with Crippen LogP contribution in [0.5, 0.6) is 5.75 Å². The summed E-state index contributed by atoms with van der Waals surface area (Å²) in [5.74, 6) is 3.25. The molecule has 1 aromatic carbocycles. The number of guanidine groups is 1. The number of ether oxygens (including phenoxy) is 1. The molecule has 2 N–H and O–H groups in total. The van der Waals surface area contributed by atoms with Crippen LogP contribution in [-0.2, 0) is 16.6 Å². The van der Waals surface area contributed by atoms with Crippen LogP contribution in [0.2, 0.25) is 0 Å². The molecule has 7 nitrogen and oxygen atoms in total. The summed E-state index contributed by atoms with van der Waals surface area (Å²) < 4.78 is 31.5. The van der Waals surface area contributed by atoms with E-state index in [1.807, 2.05) is 31.2 Å². The minimum Gasteiger partial charge on any atom is -0.497 e. The number of nitrogens with zero attached hydrogens (tertiary/aromatic N) is 2. The number of methoxy groups -OCH3 is 1. The van der Waals surface area contributed by atoms with Gasteiger partial charge in [0.05, 0.1) is 19.4 Å². The molecule has 1 aromatic rings. The zero-order valence-electron chi connectivity index (χ0n) is 15.4. The van der Waals surface area contributed by atoms with Crippen molar-refractivity contribution in [1.29, 1.82) is 0 Å². The fourth-order valence-electron chi connectivity index (χ4n) is 2.50. The molecule has 0 atom stereocenters. The zero-order chi connectivity index (χ0) is 18.8. The van der Waals surface area contributed by atoms with E-state index < -0.39 is 10.0 Å². The van der Waals surface area contributed by atoms with Crippen LogP contribution < -0.4 is 15.4 Å². The Morgan fingerprint density at radius 1 is 1.23 bits per heavy atom. The summed E-state index contributed by atoms with van der Waals surface area (Å²) >= 11 is 1.80. The number of hydrogen-bond acceptors (Lipinski definition) is 5. The Kier molecular flexibility index (Phi) is 8.53. The van der Waals surface area contributed by atoms with Gasteiger partial charge in [0.1, 0.15) is 5.75 Å². The lowest BCUT2D eigenvalue weighted by atomic mass is 10.2. The van der Waals surface area contributed by atoms with Crippen molar-refractivity contribution in [3.63, 3.8) is 0 Å². The molecule has 0 bridgehead atoms. The van der Waals surface area contributed by atoms with Crippen molar-refractivity contribution < 1.29 is 13.2 Å². The number of rotatable bonds is 8. The summed E-state index contributed by atoms with van der Waals surface area (Å²) in [6.45, 7) is 4.75. The molecule has 0 amide bonds. The van der Waals surface area contributed by atoms with Crippen LogP contribution in [0, 0.1) is 0 Å². The van der Waals surface area contributed by atoms with E-state index in [1.54, 1.807) is 23.2 Å². The van der Waals surface area contributed by atoms with E-state index in [1.165, 1.54) is 0 Å². The van der Waals surface area contributed by atoms with Crippen LogP contribution in [0.25, 0.3) is 0 Å². The van der Waals surface area contributed by atoms with Gasteiger partial charge in [0.25, 0.3) is 0 Å². The van der Waals surface area contributed by atoms with Crippen molar-refractivity contribution in [2.75, 3.05) is 50.5 Å². The van der Waals surface area contributed by atoms with Crippen molar-refractivity contribution in [2.45, 2.75) is 13.5 Å². The topological polar surface area (TPSA) is 83.0 Å². The number of sulfonamides is 1. The predicted octanol–water partition coefficient (Wildman–Crippen LogP) is 1.13. The Morgan fingerprint density at radius 2 is 1.92 bits per heavy atom. The Balaban J connectivity index is 1.86. The van der Waals surface area contributed by atoms with Gasteiger partial charge in [-0.2, -0.15) is 11.8 Å². The van der Waals surface area contributed by atoms with Crippen LogP contribution in [0.1, 0.15) is 12.5 Å². The van der Waals surface area contributed by atoms with Crippen molar-refractivity contribution in [3.8, 4) is 5.75 Å². The third-order valence-electron chi connectivity index (χ3n) is 3.94. The number of aliphatic imine (C=N–C) groups is 1. The van der Waals surface area contributed by atoms with Crippen molar-refractivity contribution >= 4 is 27.7 Å². The number of hydrogen-bond donors (Lipinski definition) is 2. The molecule has 9 heteroatoms. The maximum Gasteiger partial charge on any atom is 0.215 e. The first kappa shape index (κ1) is 20.9. The highest BCUT2D eigenvalue weighted by Crippen LogP contribution is 2.13. The molecule has 26 heavy (non-hydrogen) atoms. The van der Waals surface area contributed by atoms with Gasteiger partial charge in [-0.3, -0.25) is 0 Å². The molecule has 1 aliphatic heterocycles. The fraction of sp³-hybridized carbons (Fsp3) is 0.588. The summed E-state index contributed by atoms with van der Waals surface area (Å²) in [5.41, 5.74) is 1.06. The second kappa shape index (κ2) is 10.6. The Labute approximate surface area is 160 Å². The molecule has 1 aliphatic rings. The highest BCUT2D eigenvalue weighted by atomic mass is 32.2. The smallest absolute Gasteiger partial charge is 0.215 e. The van der Waals surface area contributed by atoms with E-state index in [2.05, 4.69) is 15.6 Å². The predicted molar refractivity (Wildman–Crippen MR) is 108 cm³/mol. The van der Waals surface area contributed by atoms with Crippen LogP contribution >= 0.6 is 11.8 Å². The van der Waals surface area contributed by atoms with Crippen LogP contribution in [-0.4, -0.2) is 69.2 Å². The van der Waals surface area contributed by atoms with Gasteiger partial charge in [-0.1, -0.05) is 12.1 Å². The van der Waals surface area contributed by atoms with Gasteiger partial charge in [-0.15, -0.1) is 0 Å². The Morgan fingerprint density at radius 3 is 2.54 bits per heavy atom. The van der Waals surface area contributed by atoms with E-state index in [-0.39, 0.29) is 5.75 Å². The lowest BCUT2D eigenvalue weighted by Crippen LogP contribution is -2.44. The van der Waals surface area contributed by atoms with E-state index in [4.69, 9.17) is 4.74 Å². The molecule has 0 radical (unpaired) electrons. The average Bonchev–Trinajstić information content (AvgIpc) is 2.67. The molecule has 0 saturated carbocycles. The number of nitrogens with one attached hydrogen (secondary N) is 2. The highest BCUT2D eigenvalue weighted by Gasteiger charge is 2.23. The van der Waals surface area contributed by atoms with Crippen molar-refractivity contribution in [1.82, 2.24) is 14.9 Å². The lowest BCUT2D eigenvalue weighted by molar-refractivity contribution is 0.414. The second-order valence-electron chi connectivity index (χ2n) is 5.80. The van der Waals surface area contributed by atoms with E-state index >= 15 is 0 Å². The minimum absolute atomic E-state index is 0.0740. The maximum absolute atomic E-state index is 12.4. The normalized spacial score (nSPS) is 16.3. The molecule has 0 spiro atoms. The van der Waals surface area contributed by atoms with Gasteiger partial charge in [-0.25, -0.2) is 17.7 Å². The molecule has 0 unspecified atom stereocenters. The first-order valence-corrected chi connectivity index (χ1v) is 11.5. The zero-order valence-corrected chi connectivity index (χ0v) is 17.0. The molecule has 1 saturated heterocycles. The van der Waals surface area contributed by atoms with Gasteiger partial charge < -0.3 is 15.4 Å². The third-order valence-corrected chi connectivity index (χ3v) is 6.75. The standard InChI is InChI=1S/C17H28N4O3S2/c1-3-18-17(20-14-15-4-6-16(24-2)7-5-15)19-8-13-26(22,23)21-9-11-25-12-10-21/h4-7H,3,8-14H2,1-2H3,(H2,18,19,20). The fourth-order valence-corrected chi connectivity index (χ4v) is 4.99. The molecule has 1 heterocycles. The summed E-state index contributed by atoms with van der Waals surface area (Å²) in [6.07, 6.45) is 0.